The molecule has 9 heteroatoms. The molecule has 0 aliphatic carbocycles. The van der Waals surface area contributed by atoms with Crippen molar-refractivity contribution >= 4 is 28.1 Å². The Labute approximate surface area is 129 Å². The van der Waals surface area contributed by atoms with Gasteiger partial charge in [-0.3, -0.25) is 10.1 Å². The number of nitro benzene ring substituents is 1. The fourth-order valence-corrected chi connectivity index (χ4v) is 3.89. The van der Waals surface area contributed by atoms with E-state index in [-0.39, 0.29) is 23.0 Å². The summed E-state index contributed by atoms with van der Waals surface area (Å²) >= 11 is 0. The molecule has 21 heavy (non-hydrogen) atoms. The molecule has 0 spiro atoms. The number of benzene rings is 1. The summed E-state index contributed by atoms with van der Waals surface area (Å²) in [5.41, 5.74) is -0.113. The van der Waals surface area contributed by atoms with Gasteiger partial charge < -0.3 is 5.32 Å². The number of rotatable bonds is 5. The van der Waals surface area contributed by atoms with Crippen LogP contribution in [0.25, 0.3) is 0 Å². The van der Waals surface area contributed by atoms with Gasteiger partial charge in [-0.2, -0.15) is 4.31 Å². The number of halogens is 1. The van der Waals surface area contributed by atoms with E-state index in [1.54, 1.807) is 0 Å². The molecule has 118 valence electrons. The maximum absolute atomic E-state index is 12.4. The van der Waals surface area contributed by atoms with Gasteiger partial charge in [0.05, 0.1) is 9.82 Å². The Kier molecular flexibility index (Phi) is 6.09. The normalized spacial score (nSPS) is 19.2. The number of sulfonamides is 1. The van der Waals surface area contributed by atoms with Gasteiger partial charge >= 0.3 is 0 Å². The first kappa shape index (κ1) is 17.8. The van der Waals surface area contributed by atoms with Gasteiger partial charge in [0.25, 0.3) is 5.69 Å². The lowest BCUT2D eigenvalue weighted by molar-refractivity contribution is -0.384. The van der Waals surface area contributed by atoms with Crippen molar-refractivity contribution < 1.29 is 13.3 Å². The highest BCUT2D eigenvalue weighted by molar-refractivity contribution is 7.89. The SMILES string of the molecule is CNCC1CCN(S(=O)(=O)c2ccc([N+](=O)[O-])cc2)C1.Cl. The van der Waals surface area contributed by atoms with Gasteiger partial charge in [-0.15, -0.1) is 12.4 Å². The van der Waals surface area contributed by atoms with Crippen LogP contribution in [0.1, 0.15) is 6.42 Å². The summed E-state index contributed by atoms with van der Waals surface area (Å²) in [5, 5.41) is 13.6. The van der Waals surface area contributed by atoms with Crippen LogP contribution in [0.3, 0.4) is 0 Å². The van der Waals surface area contributed by atoms with Gasteiger partial charge in [-0.05, 0) is 38.1 Å². The standard InChI is InChI=1S/C12H17N3O4S.ClH/c1-13-8-10-6-7-14(9-10)20(18,19)12-4-2-11(3-5-12)15(16)17;/h2-5,10,13H,6-9H2,1H3;1H. The van der Waals surface area contributed by atoms with Crippen LogP contribution in [-0.4, -0.2) is 44.3 Å². The second kappa shape index (κ2) is 7.17. The quantitative estimate of drug-likeness (QED) is 0.645. The molecule has 1 fully saturated rings. The van der Waals surface area contributed by atoms with Crippen molar-refractivity contribution in [2.75, 3.05) is 26.7 Å². The molecular weight excluding hydrogens is 318 g/mol. The Morgan fingerprint density at radius 2 is 2.00 bits per heavy atom. The van der Waals surface area contributed by atoms with Crippen molar-refractivity contribution in [3.8, 4) is 0 Å². The first-order valence-electron chi connectivity index (χ1n) is 6.34. The number of non-ortho nitro benzene ring substituents is 1. The summed E-state index contributed by atoms with van der Waals surface area (Å²) in [6.07, 6.45) is 0.826. The lowest BCUT2D eigenvalue weighted by Crippen LogP contribution is -2.30. The summed E-state index contributed by atoms with van der Waals surface area (Å²) < 4.78 is 26.2. The van der Waals surface area contributed by atoms with E-state index in [4.69, 9.17) is 0 Å². The molecule has 2 rings (SSSR count). The largest absolute Gasteiger partial charge is 0.319 e. The van der Waals surface area contributed by atoms with Crippen LogP contribution in [0.4, 0.5) is 5.69 Å². The molecule has 1 aromatic carbocycles. The van der Waals surface area contributed by atoms with Crippen molar-refractivity contribution in [1.29, 1.82) is 0 Å². The smallest absolute Gasteiger partial charge is 0.269 e. The maximum Gasteiger partial charge on any atom is 0.269 e. The van der Waals surface area contributed by atoms with E-state index in [0.717, 1.165) is 13.0 Å². The summed E-state index contributed by atoms with van der Waals surface area (Å²) in [7, 11) is -1.71. The molecule has 0 saturated carbocycles. The average molecular weight is 336 g/mol. The zero-order valence-corrected chi connectivity index (χ0v) is 13.2. The van der Waals surface area contributed by atoms with Crippen molar-refractivity contribution in [3.05, 3.63) is 34.4 Å². The van der Waals surface area contributed by atoms with Gasteiger partial charge in [0.2, 0.25) is 10.0 Å². The number of nitrogens with one attached hydrogen (secondary N) is 1. The fourth-order valence-electron chi connectivity index (χ4n) is 2.36. The van der Waals surface area contributed by atoms with Crippen LogP contribution in [0, 0.1) is 16.0 Å². The molecular formula is C12H18ClN3O4S. The van der Waals surface area contributed by atoms with Crippen molar-refractivity contribution in [1.82, 2.24) is 9.62 Å². The van der Waals surface area contributed by atoms with E-state index in [9.17, 15) is 18.5 Å². The highest BCUT2D eigenvalue weighted by Crippen LogP contribution is 2.25. The molecule has 7 nitrogen and oxygen atoms in total. The molecule has 1 aliphatic heterocycles. The van der Waals surface area contributed by atoms with E-state index in [1.165, 1.54) is 28.6 Å². The lowest BCUT2D eigenvalue weighted by Gasteiger charge is -2.16. The third-order valence-electron chi connectivity index (χ3n) is 3.43. The predicted molar refractivity (Wildman–Crippen MR) is 81.1 cm³/mol. The van der Waals surface area contributed by atoms with E-state index >= 15 is 0 Å². The zero-order chi connectivity index (χ0) is 14.8. The van der Waals surface area contributed by atoms with Crippen LogP contribution >= 0.6 is 12.4 Å². The number of hydrogen-bond donors (Lipinski definition) is 1. The van der Waals surface area contributed by atoms with E-state index in [2.05, 4.69) is 5.32 Å². The molecule has 1 aliphatic rings. The number of hydrogen-bond acceptors (Lipinski definition) is 5. The van der Waals surface area contributed by atoms with Crippen LogP contribution in [0.15, 0.2) is 29.2 Å². The molecule has 0 aromatic heterocycles. The molecule has 0 bridgehead atoms. The Morgan fingerprint density at radius 3 is 2.52 bits per heavy atom. The van der Waals surface area contributed by atoms with Crippen LogP contribution in [0.2, 0.25) is 0 Å². The topological polar surface area (TPSA) is 92.6 Å². The lowest BCUT2D eigenvalue weighted by atomic mass is 10.1. The minimum absolute atomic E-state index is 0. The van der Waals surface area contributed by atoms with E-state index in [0.29, 0.717) is 19.0 Å². The molecule has 0 amide bonds. The minimum Gasteiger partial charge on any atom is -0.319 e. The van der Waals surface area contributed by atoms with Crippen molar-refractivity contribution in [2.45, 2.75) is 11.3 Å². The van der Waals surface area contributed by atoms with Crippen molar-refractivity contribution in [2.24, 2.45) is 5.92 Å². The molecule has 0 radical (unpaired) electrons. The van der Waals surface area contributed by atoms with E-state index < -0.39 is 14.9 Å². The predicted octanol–water partition coefficient (Wildman–Crippen LogP) is 1.25. The molecule has 1 heterocycles. The van der Waals surface area contributed by atoms with Gasteiger partial charge in [0.1, 0.15) is 0 Å². The Balaban J connectivity index is 0.00000220. The monoisotopic (exact) mass is 335 g/mol. The number of nitro groups is 1. The maximum atomic E-state index is 12.4. The summed E-state index contributed by atoms with van der Waals surface area (Å²) in [4.78, 5) is 10.1. The third kappa shape index (κ3) is 3.91. The molecule has 1 unspecified atom stereocenters. The molecule has 1 N–H and O–H groups in total. The van der Waals surface area contributed by atoms with Crippen LogP contribution in [-0.2, 0) is 10.0 Å². The molecule has 1 saturated heterocycles. The van der Waals surface area contributed by atoms with Gasteiger partial charge in [-0.1, -0.05) is 0 Å². The van der Waals surface area contributed by atoms with Gasteiger partial charge in [0.15, 0.2) is 0 Å². The third-order valence-corrected chi connectivity index (χ3v) is 5.31. The highest BCUT2D eigenvalue weighted by atomic mass is 35.5. The van der Waals surface area contributed by atoms with Gasteiger partial charge in [0, 0.05) is 25.2 Å². The average Bonchev–Trinajstić information content (AvgIpc) is 2.88. The summed E-state index contributed by atoms with van der Waals surface area (Å²) in [6, 6.07) is 5.01. The first-order chi connectivity index (χ1) is 9.45. The minimum atomic E-state index is -3.55. The second-order valence-corrected chi connectivity index (χ2v) is 6.76. The second-order valence-electron chi connectivity index (χ2n) is 4.83. The summed E-state index contributed by atoms with van der Waals surface area (Å²) in [6.45, 7) is 1.76. The van der Waals surface area contributed by atoms with E-state index in [1.807, 2.05) is 7.05 Å². The number of nitrogens with zero attached hydrogens (tertiary/aromatic N) is 2. The fraction of sp³-hybridized carbons (Fsp3) is 0.500. The first-order valence-corrected chi connectivity index (χ1v) is 7.78. The Morgan fingerprint density at radius 1 is 1.38 bits per heavy atom. The Bertz CT molecular complexity index is 591. The highest BCUT2D eigenvalue weighted by Gasteiger charge is 2.32. The molecule has 1 aromatic rings. The Hall–Kier alpha value is -1.22. The van der Waals surface area contributed by atoms with Crippen LogP contribution in [0.5, 0.6) is 0 Å². The summed E-state index contributed by atoms with van der Waals surface area (Å²) in [5.74, 6) is 0.313. The van der Waals surface area contributed by atoms with Gasteiger partial charge in [-0.25, -0.2) is 8.42 Å². The zero-order valence-electron chi connectivity index (χ0n) is 11.6. The van der Waals surface area contributed by atoms with Crippen LogP contribution < -0.4 is 5.32 Å². The molecule has 1 atom stereocenters. The van der Waals surface area contributed by atoms with Crippen molar-refractivity contribution in [3.63, 3.8) is 0 Å².